The van der Waals surface area contributed by atoms with Gasteiger partial charge in [-0.25, -0.2) is 8.78 Å². The zero-order valence-electron chi connectivity index (χ0n) is 25.1. The van der Waals surface area contributed by atoms with Gasteiger partial charge in [-0.3, -0.25) is 0 Å². The van der Waals surface area contributed by atoms with E-state index in [1.54, 1.807) is 55.6 Å². The van der Waals surface area contributed by atoms with Gasteiger partial charge in [0.1, 0.15) is 28.9 Å². The fourth-order valence-corrected chi connectivity index (χ4v) is 6.44. The number of rotatable bonds is 7. The third kappa shape index (κ3) is 4.48. The highest BCUT2D eigenvalue weighted by molar-refractivity contribution is 5.86. The summed E-state index contributed by atoms with van der Waals surface area (Å²) in [4.78, 5) is 0. The van der Waals surface area contributed by atoms with Crippen LogP contribution in [0.4, 0.5) is 8.78 Å². The Morgan fingerprint density at radius 2 is 1.04 bits per heavy atom. The van der Waals surface area contributed by atoms with Crippen LogP contribution < -0.4 is 14.2 Å². The van der Waals surface area contributed by atoms with Crippen molar-refractivity contribution in [3.8, 4) is 45.9 Å². The summed E-state index contributed by atoms with van der Waals surface area (Å²) in [5.41, 5.74) is 5.14. The number of hydrogen-bond donors (Lipinski definition) is 0. The molecule has 0 N–H and O–H groups in total. The molecule has 1 aliphatic carbocycles. The Labute approximate surface area is 265 Å². The SMILES string of the molecule is COc1ccc(C2(c3ccc(Oc4c(F)c(C#N)c(F)c(C)c4Oc4ccccc4)cc3)c3ccccc3-c3ccccc32)cc1. The molecule has 0 spiro atoms. The largest absolute Gasteiger partial charge is 0.497 e. The minimum absolute atomic E-state index is 0.0361. The molecule has 0 heterocycles. The first-order valence-electron chi connectivity index (χ1n) is 14.7. The van der Waals surface area contributed by atoms with Gasteiger partial charge >= 0.3 is 0 Å². The standard InChI is InChI=1S/C40H27F2NO3/c1-25-36(41)33(24-43)37(42)39(38(25)45-29-10-4-3-5-11-29)46-30-22-18-27(19-23-30)40(26-16-20-28(44-2)21-17-26)34-14-8-6-12-31(34)32-13-7-9-15-35(32)40/h3-23H,1-2H3. The maximum Gasteiger partial charge on any atom is 0.207 e. The van der Waals surface area contributed by atoms with Crippen LogP contribution in [0.25, 0.3) is 11.1 Å². The Morgan fingerprint density at radius 1 is 0.565 bits per heavy atom. The van der Waals surface area contributed by atoms with E-state index in [1.807, 2.05) is 48.5 Å². The second-order valence-electron chi connectivity index (χ2n) is 11.0. The van der Waals surface area contributed by atoms with Crippen LogP contribution in [-0.4, -0.2) is 7.11 Å². The average Bonchev–Trinajstić information content (AvgIpc) is 3.41. The topological polar surface area (TPSA) is 51.5 Å². The third-order valence-electron chi connectivity index (χ3n) is 8.57. The van der Waals surface area contributed by atoms with Crippen molar-refractivity contribution in [2.75, 3.05) is 7.11 Å². The molecule has 0 amide bonds. The number of nitrogens with zero attached hydrogens (tertiary/aromatic N) is 1. The zero-order chi connectivity index (χ0) is 31.8. The number of nitriles is 1. The van der Waals surface area contributed by atoms with Gasteiger partial charge in [-0.05, 0) is 76.7 Å². The van der Waals surface area contributed by atoms with Gasteiger partial charge in [-0.1, -0.05) is 91.0 Å². The lowest BCUT2D eigenvalue weighted by Crippen LogP contribution is -2.28. The Kier molecular flexibility index (Phi) is 7.23. The lowest BCUT2D eigenvalue weighted by Gasteiger charge is -2.34. The monoisotopic (exact) mass is 607 g/mol. The Bertz CT molecular complexity index is 2070. The maximum absolute atomic E-state index is 15.7. The molecule has 6 aromatic rings. The van der Waals surface area contributed by atoms with E-state index in [1.165, 1.54) is 6.92 Å². The molecule has 0 unspecified atom stereocenters. The van der Waals surface area contributed by atoms with Crippen LogP contribution in [0.5, 0.6) is 28.7 Å². The van der Waals surface area contributed by atoms with Crippen LogP contribution in [0.15, 0.2) is 127 Å². The first-order valence-corrected chi connectivity index (χ1v) is 14.7. The molecule has 6 heteroatoms. The van der Waals surface area contributed by atoms with E-state index in [2.05, 4.69) is 36.4 Å². The molecule has 1 aliphatic rings. The lowest BCUT2D eigenvalue weighted by atomic mass is 9.68. The van der Waals surface area contributed by atoms with Gasteiger partial charge in [-0.2, -0.15) is 5.26 Å². The fraction of sp³-hybridized carbons (Fsp3) is 0.0750. The Morgan fingerprint density at radius 3 is 1.59 bits per heavy atom. The molecule has 0 bridgehead atoms. The highest BCUT2D eigenvalue weighted by atomic mass is 19.1. The summed E-state index contributed by atoms with van der Waals surface area (Å²) in [6, 6.07) is 42.5. The number of hydrogen-bond acceptors (Lipinski definition) is 4. The van der Waals surface area contributed by atoms with Crippen molar-refractivity contribution in [1.29, 1.82) is 5.26 Å². The van der Waals surface area contributed by atoms with Crippen molar-refractivity contribution < 1.29 is 23.0 Å². The molecule has 6 aromatic carbocycles. The predicted molar refractivity (Wildman–Crippen MR) is 173 cm³/mol. The normalized spacial score (nSPS) is 12.5. The van der Waals surface area contributed by atoms with Crippen molar-refractivity contribution in [3.05, 3.63) is 172 Å². The fourth-order valence-electron chi connectivity index (χ4n) is 6.44. The molecule has 0 saturated heterocycles. The highest BCUT2D eigenvalue weighted by Gasteiger charge is 2.45. The number of ether oxygens (including phenoxy) is 3. The molecule has 46 heavy (non-hydrogen) atoms. The van der Waals surface area contributed by atoms with E-state index >= 15 is 8.78 Å². The van der Waals surface area contributed by atoms with E-state index in [9.17, 15) is 5.26 Å². The first-order chi connectivity index (χ1) is 22.5. The second kappa shape index (κ2) is 11.5. The molecule has 4 nitrogen and oxygen atoms in total. The van der Waals surface area contributed by atoms with Gasteiger partial charge in [0.2, 0.25) is 5.75 Å². The van der Waals surface area contributed by atoms with Crippen LogP contribution in [0, 0.1) is 29.9 Å². The van der Waals surface area contributed by atoms with E-state index < -0.39 is 22.6 Å². The quantitative estimate of drug-likeness (QED) is 0.181. The molecule has 0 saturated carbocycles. The van der Waals surface area contributed by atoms with E-state index in [0.717, 1.165) is 39.1 Å². The number of halogens is 2. The molecular weight excluding hydrogens is 580 g/mol. The Hall–Kier alpha value is -5.93. The molecular formula is C40H27F2NO3. The number of para-hydroxylation sites is 1. The van der Waals surface area contributed by atoms with Gasteiger partial charge in [0.25, 0.3) is 0 Å². The molecule has 0 radical (unpaired) electrons. The van der Waals surface area contributed by atoms with Gasteiger partial charge in [-0.15, -0.1) is 0 Å². The van der Waals surface area contributed by atoms with Crippen molar-refractivity contribution in [2.24, 2.45) is 0 Å². The third-order valence-corrected chi connectivity index (χ3v) is 8.57. The summed E-state index contributed by atoms with van der Waals surface area (Å²) in [7, 11) is 1.64. The number of fused-ring (bicyclic) bond motifs is 3. The van der Waals surface area contributed by atoms with Crippen LogP contribution >= 0.6 is 0 Å². The van der Waals surface area contributed by atoms with Crippen LogP contribution in [0.3, 0.4) is 0 Å². The van der Waals surface area contributed by atoms with Crippen molar-refractivity contribution >= 4 is 0 Å². The summed E-state index contributed by atoms with van der Waals surface area (Å²) in [6.07, 6.45) is 0. The van der Waals surface area contributed by atoms with Crippen LogP contribution in [-0.2, 0) is 5.41 Å². The van der Waals surface area contributed by atoms with Crippen molar-refractivity contribution in [3.63, 3.8) is 0 Å². The van der Waals surface area contributed by atoms with E-state index in [-0.39, 0.29) is 17.1 Å². The van der Waals surface area contributed by atoms with Crippen molar-refractivity contribution in [1.82, 2.24) is 0 Å². The molecule has 0 fully saturated rings. The van der Waals surface area contributed by atoms with Crippen LogP contribution in [0.2, 0.25) is 0 Å². The van der Waals surface area contributed by atoms with Crippen molar-refractivity contribution in [2.45, 2.75) is 12.3 Å². The second-order valence-corrected chi connectivity index (χ2v) is 11.0. The molecule has 224 valence electrons. The summed E-state index contributed by atoms with van der Waals surface area (Å²) in [6.45, 7) is 1.43. The van der Waals surface area contributed by atoms with E-state index in [4.69, 9.17) is 14.2 Å². The molecule has 0 atom stereocenters. The zero-order valence-corrected chi connectivity index (χ0v) is 25.1. The molecule has 0 aromatic heterocycles. The first kappa shape index (κ1) is 28.8. The molecule has 0 aliphatic heterocycles. The maximum atomic E-state index is 15.7. The minimum atomic E-state index is -1.13. The van der Waals surface area contributed by atoms with Crippen LogP contribution in [0.1, 0.15) is 33.4 Å². The summed E-state index contributed by atoms with van der Waals surface area (Å²) in [5, 5.41) is 9.55. The molecule has 7 rings (SSSR count). The summed E-state index contributed by atoms with van der Waals surface area (Å²) in [5.74, 6) is -1.22. The summed E-state index contributed by atoms with van der Waals surface area (Å²) < 4.78 is 48.2. The van der Waals surface area contributed by atoms with Gasteiger partial charge in [0, 0.05) is 5.56 Å². The van der Waals surface area contributed by atoms with Gasteiger partial charge in [0.15, 0.2) is 17.4 Å². The van der Waals surface area contributed by atoms with E-state index in [0.29, 0.717) is 11.5 Å². The Balaban J connectivity index is 1.37. The smallest absolute Gasteiger partial charge is 0.207 e. The highest BCUT2D eigenvalue weighted by Crippen LogP contribution is 2.56. The number of methoxy groups -OCH3 is 1. The summed E-state index contributed by atoms with van der Waals surface area (Å²) >= 11 is 0. The minimum Gasteiger partial charge on any atom is -0.497 e. The van der Waals surface area contributed by atoms with Gasteiger partial charge in [0.05, 0.1) is 12.5 Å². The number of benzene rings is 6. The van der Waals surface area contributed by atoms with Gasteiger partial charge < -0.3 is 14.2 Å². The predicted octanol–water partition coefficient (Wildman–Crippen LogP) is 10.1. The average molecular weight is 608 g/mol. The lowest BCUT2D eigenvalue weighted by molar-refractivity contribution is 0.385.